The molecule has 2 aromatic heterocycles. The molecule has 10 heteroatoms. The number of methoxy groups -OCH3 is 1. The second kappa shape index (κ2) is 16.2. The van der Waals surface area contributed by atoms with Crippen molar-refractivity contribution >= 4 is 29.6 Å². The fraction of sp³-hybridized carbons (Fsp3) is 0.500. The summed E-state index contributed by atoms with van der Waals surface area (Å²) in [5, 5.41) is 4.22. The summed E-state index contributed by atoms with van der Waals surface area (Å²) in [5.41, 5.74) is 8.02. The summed E-state index contributed by atoms with van der Waals surface area (Å²) in [7, 11) is 3.82. The summed E-state index contributed by atoms with van der Waals surface area (Å²) in [5.74, 6) is 0.0575. The van der Waals surface area contributed by atoms with Crippen LogP contribution >= 0.6 is 0 Å². The van der Waals surface area contributed by atoms with Gasteiger partial charge in [0.2, 0.25) is 5.91 Å². The number of likely N-dealkylation sites (tertiary alicyclic amines) is 2. The van der Waals surface area contributed by atoms with Crippen LogP contribution in [-0.2, 0) is 43.2 Å². The summed E-state index contributed by atoms with van der Waals surface area (Å²) >= 11 is 0. The highest BCUT2D eigenvalue weighted by Crippen LogP contribution is 2.43. The fourth-order valence-corrected chi connectivity index (χ4v) is 8.89. The summed E-state index contributed by atoms with van der Waals surface area (Å²) in [4.78, 5) is 46.8. The molecule has 4 aromatic rings. The number of aromatic nitrogens is 2. The predicted molar refractivity (Wildman–Crippen MR) is 213 cm³/mol. The van der Waals surface area contributed by atoms with Gasteiger partial charge in [0, 0.05) is 66.9 Å². The molecule has 3 unspecified atom stereocenters. The average molecular weight is 736 g/mol. The molecule has 1 N–H and O–H groups in total. The Morgan fingerprint density at radius 2 is 1.81 bits per heavy atom. The molecule has 288 valence electrons. The van der Waals surface area contributed by atoms with Gasteiger partial charge in [0.25, 0.3) is 6.47 Å². The maximum absolute atomic E-state index is 13.8. The van der Waals surface area contributed by atoms with Crippen LogP contribution in [0.2, 0.25) is 0 Å². The normalized spacial score (nSPS) is 17.5. The van der Waals surface area contributed by atoms with Crippen molar-refractivity contribution in [3.63, 3.8) is 0 Å². The van der Waals surface area contributed by atoms with Gasteiger partial charge in [-0.25, -0.2) is 0 Å². The number of ether oxygens (including phenoxy) is 2. The number of aryl methyl sites for hydroxylation is 1. The number of pyridine rings is 1. The molecule has 54 heavy (non-hydrogen) atoms. The Balaban J connectivity index is 1.33. The van der Waals surface area contributed by atoms with E-state index in [2.05, 4.69) is 97.7 Å². The van der Waals surface area contributed by atoms with Crippen molar-refractivity contribution in [2.45, 2.75) is 91.1 Å². The van der Waals surface area contributed by atoms with Gasteiger partial charge in [-0.05, 0) is 92.6 Å². The fourth-order valence-electron chi connectivity index (χ4n) is 8.89. The number of rotatable bonds is 17. The molecule has 2 fully saturated rings. The number of hydrogen-bond donors (Lipinski definition) is 1. The Labute approximate surface area is 320 Å². The molecule has 0 bridgehead atoms. The lowest BCUT2D eigenvalue weighted by molar-refractivity contribution is -0.161. The molecule has 1 spiro atoms. The second-order valence-corrected chi connectivity index (χ2v) is 16.6. The van der Waals surface area contributed by atoms with Gasteiger partial charge in [0.1, 0.15) is 6.29 Å². The molecule has 0 saturated carbocycles. The summed E-state index contributed by atoms with van der Waals surface area (Å²) < 4.78 is 13.4. The topological polar surface area (TPSA) is 106 Å². The number of carbonyl (C=O) groups excluding carboxylic acids is 3. The first-order valence-electron chi connectivity index (χ1n) is 19.3. The molecule has 0 aliphatic carbocycles. The number of amides is 1. The molecule has 2 aromatic carbocycles. The van der Waals surface area contributed by atoms with Crippen LogP contribution in [-0.4, -0.2) is 96.0 Å². The lowest BCUT2D eigenvalue weighted by Gasteiger charge is -2.64. The third-order valence-corrected chi connectivity index (χ3v) is 11.5. The Kier molecular flexibility index (Phi) is 11.8. The lowest BCUT2D eigenvalue weighted by Crippen LogP contribution is -2.79. The monoisotopic (exact) mass is 735 g/mol. The molecule has 6 rings (SSSR count). The zero-order valence-corrected chi connectivity index (χ0v) is 33.2. The second-order valence-electron chi connectivity index (χ2n) is 16.6. The van der Waals surface area contributed by atoms with Crippen LogP contribution < -0.4 is 5.32 Å². The minimum Gasteiger partial charge on any atom is -0.467 e. The van der Waals surface area contributed by atoms with E-state index in [1.807, 2.05) is 25.1 Å². The molecule has 3 atom stereocenters. The molecule has 2 aliphatic rings. The third-order valence-electron chi connectivity index (χ3n) is 11.5. The highest BCUT2D eigenvalue weighted by atomic mass is 16.5. The van der Waals surface area contributed by atoms with E-state index in [-0.39, 0.29) is 41.5 Å². The van der Waals surface area contributed by atoms with Crippen LogP contribution in [0.3, 0.4) is 0 Å². The van der Waals surface area contributed by atoms with Crippen molar-refractivity contribution in [1.29, 1.82) is 0 Å². The van der Waals surface area contributed by atoms with Gasteiger partial charge < -0.3 is 29.1 Å². The number of hydrogen-bond acceptors (Lipinski definition) is 8. The van der Waals surface area contributed by atoms with Gasteiger partial charge in [-0.15, -0.1) is 0 Å². The van der Waals surface area contributed by atoms with Crippen molar-refractivity contribution in [2.24, 2.45) is 11.3 Å². The number of nitrogens with zero attached hydrogens (tertiary/aromatic N) is 4. The van der Waals surface area contributed by atoms with Gasteiger partial charge in [0.15, 0.2) is 0 Å². The summed E-state index contributed by atoms with van der Waals surface area (Å²) in [6, 6.07) is 18.0. The first-order valence-corrected chi connectivity index (χ1v) is 19.3. The maximum Gasteiger partial charge on any atom is 0.293 e. The van der Waals surface area contributed by atoms with E-state index < -0.39 is 6.04 Å². The van der Waals surface area contributed by atoms with Gasteiger partial charge in [-0.3, -0.25) is 19.5 Å². The van der Waals surface area contributed by atoms with E-state index in [0.717, 1.165) is 89.0 Å². The highest BCUT2D eigenvalue weighted by molar-refractivity contribution is 5.95. The maximum atomic E-state index is 13.8. The smallest absolute Gasteiger partial charge is 0.293 e. The molecule has 2 aliphatic heterocycles. The molecular formula is C44H57N5O5. The molecular weight excluding hydrogens is 679 g/mol. The summed E-state index contributed by atoms with van der Waals surface area (Å²) in [6.07, 6.45) is 4.63. The number of benzene rings is 2. The highest BCUT2D eigenvalue weighted by Gasteiger charge is 2.56. The van der Waals surface area contributed by atoms with Crippen molar-refractivity contribution in [3.8, 4) is 22.4 Å². The minimum absolute atomic E-state index is 0.0702. The Bertz CT molecular complexity index is 1980. The SMILES string of the molecule is CCn1c(-c2cccnc2C(C)OC)c(CC(C)(C)COC=O)c2cc(-c3cccc(CC(C=O)NC(=O)C(C(C)C)N4CCC45CN(C)C5)c3)ccc21. The quantitative estimate of drug-likeness (QED) is 0.123. The van der Waals surface area contributed by atoms with E-state index in [4.69, 9.17) is 14.5 Å². The van der Waals surface area contributed by atoms with Crippen LogP contribution in [0.4, 0.5) is 0 Å². The number of nitrogens with one attached hydrogen (secondary N) is 1. The average Bonchev–Trinajstić information content (AvgIpc) is 3.44. The molecule has 0 radical (unpaired) electrons. The number of fused-ring (bicyclic) bond motifs is 1. The summed E-state index contributed by atoms with van der Waals surface area (Å²) in [6.45, 7) is 17.0. The van der Waals surface area contributed by atoms with Crippen LogP contribution in [0.1, 0.15) is 70.9 Å². The van der Waals surface area contributed by atoms with Crippen LogP contribution in [0.5, 0.6) is 0 Å². The first kappa shape index (κ1) is 39.3. The van der Waals surface area contributed by atoms with Gasteiger partial charge >= 0.3 is 0 Å². The van der Waals surface area contributed by atoms with Crippen molar-refractivity contribution < 1.29 is 23.9 Å². The predicted octanol–water partition coefficient (Wildman–Crippen LogP) is 6.48. The van der Waals surface area contributed by atoms with Gasteiger partial charge in [0.05, 0.1) is 36.2 Å². The largest absolute Gasteiger partial charge is 0.467 e. The van der Waals surface area contributed by atoms with E-state index in [0.29, 0.717) is 19.3 Å². The van der Waals surface area contributed by atoms with Crippen molar-refractivity contribution in [3.05, 3.63) is 77.6 Å². The molecule has 1 amide bonds. The van der Waals surface area contributed by atoms with Crippen molar-refractivity contribution in [1.82, 2.24) is 24.7 Å². The van der Waals surface area contributed by atoms with Crippen molar-refractivity contribution in [2.75, 3.05) is 40.4 Å². The van der Waals surface area contributed by atoms with E-state index >= 15 is 0 Å². The Morgan fingerprint density at radius 3 is 2.44 bits per heavy atom. The number of aldehydes is 1. The third kappa shape index (κ3) is 7.74. The molecule has 2 saturated heterocycles. The minimum atomic E-state index is -0.635. The van der Waals surface area contributed by atoms with Crippen LogP contribution in [0.25, 0.3) is 33.3 Å². The Morgan fingerprint density at radius 1 is 1.06 bits per heavy atom. The zero-order chi connectivity index (χ0) is 38.8. The first-order chi connectivity index (χ1) is 25.8. The van der Waals surface area contributed by atoms with Gasteiger partial charge in [-0.1, -0.05) is 58.0 Å². The van der Waals surface area contributed by atoms with Crippen LogP contribution in [0.15, 0.2) is 60.8 Å². The van der Waals surface area contributed by atoms with E-state index in [1.165, 1.54) is 0 Å². The Hall–Kier alpha value is -4.38. The zero-order valence-electron chi connectivity index (χ0n) is 33.2. The number of carbonyl (C=O) groups is 3. The van der Waals surface area contributed by atoms with Crippen LogP contribution in [0, 0.1) is 11.3 Å². The van der Waals surface area contributed by atoms with E-state index in [1.54, 1.807) is 13.3 Å². The van der Waals surface area contributed by atoms with E-state index in [9.17, 15) is 14.4 Å². The number of likely N-dealkylation sites (N-methyl/N-ethyl adjacent to an activating group) is 1. The van der Waals surface area contributed by atoms with Gasteiger partial charge in [-0.2, -0.15) is 0 Å². The lowest BCUT2D eigenvalue weighted by atomic mass is 9.75. The standard InChI is InChI=1S/C44H57N5O5/c1-9-48-38-16-15-33(22-36(38)37(23-43(5,6)27-54-28-51)41(48)35-14-11-18-45-39(35)30(4)53-8)32-13-10-12-31(20-32)21-34(24-50)46-42(52)40(29(2)3)49-19-17-44(49)25-47(7)26-44/h10-16,18,20,22,24,28-30,34,40H,9,17,19,21,23,25-27H2,1-8H3,(H,46,52). The molecule has 4 heterocycles. The molecule has 10 nitrogen and oxygen atoms in total.